The molecule has 1 aliphatic rings. The Morgan fingerprint density at radius 2 is 1.62 bits per heavy atom. The molecule has 0 aromatic carbocycles. The number of carbonyl (C=O) groups is 1. The summed E-state index contributed by atoms with van der Waals surface area (Å²) in [4.78, 5) is 12.0. The van der Waals surface area contributed by atoms with Gasteiger partial charge in [0.2, 0.25) is 0 Å². The fraction of sp³-hybridized carbons (Fsp3) is 0.938. The first-order valence-corrected chi connectivity index (χ1v) is 10.7. The lowest BCUT2D eigenvalue weighted by Gasteiger charge is -2.47. The molecule has 0 heterocycles. The third kappa shape index (κ3) is 4.53. The van der Waals surface area contributed by atoms with Crippen molar-refractivity contribution in [3.05, 3.63) is 0 Å². The van der Waals surface area contributed by atoms with Crippen LogP contribution in [0.4, 0.5) is 0 Å². The van der Waals surface area contributed by atoms with Gasteiger partial charge >= 0.3 is 7.63 Å². The minimum Gasteiger partial charge on any atom is -0.399 e. The Balaban J connectivity index is 2.99. The summed E-state index contributed by atoms with van der Waals surface area (Å²) in [5, 5.41) is -0.213. The quantitative estimate of drug-likeness (QED) is 0.422. The molecular formula is C16H31ClO3Si. The lowest BCUT2D eigenvalue weighted by atomic mass is 10.1. The van der Waals surface area contributed by atoms with Crippen LogP contribution >= 0.6 is 11.1 Å². The summed E-state index contributed by atoms with van der Waals surface area (Å²) in [7, 11) is -0.865. The summed E-state index contributed by atoms with van der Waals surface area (Å²) in [6, 6.07) is 0. The van der Waals surface area contributed by atoms with E-state index in [9.17, 15) is 4.79 Å². The fourth-order valence-electron chi connectivity index (χ4n) is 3.18. The van der Waals surface area contributed by atoms with Crippen LogP contribution in [-0.2, 0) is 14.0 Å². The maximum atomic E-state index is 12.0. The number of carbonyl (C=O) groups excluding carboxylic acids is 1. The van der Waals surface area contributed by atoms with E-state index in [-0.39, 0.29) is 28.1 Å². The van der Waals surface area contributed by atoms with E-state index in [2.05, 4.69) is 41.5 Å². The van der Waals surface area contributed by atoms with Crippen LogP contribution in [0.25, 0.3) is 0 Å². The number of hydrogen-bond acceptors (Lipinski definition) is 3. The van der Waals surface area contributed by atoms with Crippen LogP contribution in [-0.4, -0.2) is 32.7 Å². The Bertz CT molecular complexity index is 357. The molecule has 0 aliphatic heterocycles. The first-order chi connectivity index (χ1) is 9.40. The van der Waals surface area contributed by atoms with Gasteiger partial charge in [0.05, 0.1) is 12.2 Å². The standard InChI is InChI=1S/C16H31ClO3Si/c1-15(2,3)21(17,16(4,5)6)20-14-10-12(18)8-9-13(11-14)19-7/h13-14H,8-11H2,1-7H3/t13-,14-/m1/s1. The first-order valence-electron chi connectivity index (χ1n) is 7.82. The van der Waals surface area contributed by atoms with Crippen LogP contribution in [0, 0.1) is 0 Å². The predicted octanol–water partition coefficient (Wildman–Crippen LogP) is 4.81. The summed E-state index contributed by atoms with van der Waals surface area (Å²) in [5.74, 6) is 0.260. The minimum atomic E-state index is -2.57. The second kappa shape index (κ2) is 6.69. The van der Waals surface area contributed by atoms with E-state index < -0.39 is 7.63 Å². The Kier molecular flexibility index (Phi) is 6.10. The van der Waals surface area contributed by atoms with E-state index in [0.29, 0.717) is 12.8 Å². The van der Waals surface area contributed by atoms with Gasteiger partial charge in [-0.05, 0) is 22.9 Å². The summed E-state index contributed by atoms with van der Waals surface area (Å²) in [6.07, 6.45) is 2.57. The first kappa shape index (κ1) is 19.1. The molecule has 1 fully saturated rings. The van der Waals surface area contributed by atoms with Crippen LogP contribution < -0.4 is 0 Å². The van der Waals surface area contributed by atoms with E-state index in [1.54, 1.807) is 7.11 Å². The van der Waals surface area contributed by atoms with Gasteiger partial charge in [-0.25, -0.2) is 0 Å². The maximum Gasteiger partial charge on any atom is 0.301 e. The molecule has 0 spiro atoms. The maximum absolute atomic E-state index is 12.0. The Morgan fingerprint density at radius 3 is 2.05 bits per heavy atom. The van der Waals surface area contributed by atoms with E-state index in [1.807, 2.05) is 0 Å². The molecule has 3 nitrogen and oxygen atoms in total. The lowest BCUT2D eigenvalue weighted by Crippen LogP contribution is -2.52. The molecule has 0 aromatic heterocycles. The van der Waals surface area contributed by atoms with Gasteiger partial charge in [0.1, 0.15) is 5.78 Å². The van der Waals surface area contributed by atoms with E-state index in [1.165, 1.54) is 0 Å². The van der Waals surface area contributed by atoms with Gasteiger partial charge in [0, 0.05) is 20.0 Å². The number of rotatable bonds is 3. The molecule has 0 bridgehead atoms. The lowest BCUT2D eigenvalue weighted by molar-refractivity contribution is -0.120. The highest BCUT2D eigenvalue weighted by Gasteiger charge is 2.56. The second-order valence-electron chi connectivity index (χ2n) is 8.21. The molecule has 1 rings (SSSR count). The van der Waals surface area contributed by atoms with Crippen molar-refractivity contribution >= 4 is 24.5 Å². The number of ether oxygens (including phenoxy) is 1. The van der Waals surface area contributed by atoms with Gasteiger partial charge in [0.15, 0.2) is 0 Å². The van der Waals surface area contributed by atoms with Crippen molar-refractivity contribution in [2.75, 3.05) is 7.11 Å². The Hall–Kier alpha value is 0.0969. The monoisotopic (exact) mass is 334 g/mol. The zero-order valence-electron chi connectivity index (χ0n) is 14.6. The van der Waals surface area contributed by atoms with Crippen LogP contribution in [0.15, 0.2) is 0 Å². The van der Waals surface area contributed by atoms with Crippen LogP contribution in [0.2, 0.25) is 10.1 Å². The van der Waals surface area contributed by atoms with Gasteiger partial charge in [-0.3, -0.25) is 4.79 Å². The smallest absolute Gasteiger partial charge is 0.301 e. The molecule has 124 valence electrons. The molecule has 0 radical (unpaired) electrons. The highest BCUT2D eigenvalue weighted by molar-refractivity contribution is 7.19. The fourth-order valence-corrected chi connectivity index (χ4v) is 7.16. The zero-order chi connectivity index (χ0) is 16.5. The van der Waals surface area contributed by atoms with E-state index in [4.69, 9.17) is 20.2 Å². The van der Waals surface area contributed by atoms with Gasteiger partial charge in [-0.15, -0.1) is 11.1 Å². The Labute approximate surface area is 135 Å². The average Bonchev–Trinajstić information content (AvgIpc) is 2.47. The van der Waals surface area contributed by atoms with Crippen molar-refractivity contribution in [1.29, 1.82) is 0 Å². The van der Waals surface area contributed by atoms with Gasteiger partial charge < -0.3 is 9.16 Å². The molecule has 5 heteroatoms. The van der Waals surface area contributed by atoms with Crippen molar-refractivity contribution in [1.82, 2.24) is 0 Å². The summed E-state index contributed by atoms with van der Waals surface area (Å²) >= 11 is 7.08. The van der Waals surface area contributed by atoms with Crippen molar-refractivity contribution in [2.24, 2.45) is 0 Å². The highest BCUT2D eigenvalue weighted by Crippen LogP contribution is 2.55. The molecule has 0 saturated heterocycles. The molecule has 0 N–H and O–H groups in total. The predicted molar refractivity (Wildman–Crippen MR) is 90.2 cm³/mol. The summed E-state index contributed by atoms with van der Waals surface area (Å²) in [5.41, 5.74) is 0. The van der Waals surface area contributed by atoms with E-state index in [0.717, 1.165) is 12.8 Å². The molecular weight excluding hydrogens is 304 g/mol. The SMILES string of the molecule is CO[C@@H]1CCC(=O)C[C@@H](O[Si](Cl)(C(C)(C)C)C(C)(C)C)C1. The number of halogens is 1. The third-order valence-corrected chi connectivity index (χ3v) is 12.5. The second-order valence-corrected chi connectivity index (χ2v) is 14.2. The molecule has 21 heavy (non-hydrogen) atoms. The summed E-state index contributed by atoms with van der Waals surface area (Å²) < 4.78 is 12.0. The minimum absolute atomic E-state index is 0.0938. The average molecular weight is 335 g/mol. The summed E-state index contributed by atoms with van der Waals surface area (Å²) in [6.45, 7) is 12.9. The Morgan fingerprint density at radius 1 is 1.10 bits per heavy atom. The van der Waals surface area contributed by atoms with Crippen molar-refractivity contribution in [2.45, 2.75) is 89.5 Å². The van der Waals surface area contributed by atoms with Crippen LogP contribution in [0.3, 0.4) is 0 Å². The van der Waals surface area contributed by atoms with Gasteiger partial charge in [-0.1, -0.05) is 41.5 Å². The number of ketones is 1. The number of hydrogen-bond donors (Lipinski definition) is 0. The van der Waals surface area contributed by atoms with Crippen molar-refractivity contribution in [3.8, 4) is 0 Å². The molecule has 0 amide bonds. The molecule has 2 atom stereocenters. The molecule has 0 aromatic rings. The van der Waals surface area contributed by atoms with Crippen molar-refractivity contribution in [3.63, 3.8) is 0 Å². The topological polar surface area (TPSA) is 35.5 Å². The molecule has 0 unspecified atom stereocenters. The normalized spacial score (nSPS) is 25.8. The largest absolute Gasteiger partial charge is 0.399 e. The van der Waals surface area contributed by atoms with Crippen LogP contribution in [0.1, 0.15) is 67.2 Å². The van der Waals surface area contributed by atoms with Crippen molar-refractivity contribution < 1.29 is 14.0 Å². The van der Waals surface area contributed by atoms with Gasteiger partial charge in [0.25, 0.3) is 0 Å². The molecule has 1 saturated carbocycles. The number of Topliss-reactive ketones (excluding diaryl/α,β-unsaturated/α-hetero) is 1. The third-order valence-electron chi connectivity index (χ3n) is 4.32. The highest BCUT2D eigenvalue weighted by atomic mass is 35.6. The zero-order valence-corrected chi connectivity index (χ0v) is 16.3. The number of methoxy groups -OCH3 is 1. The van der Waals surface area contributed by atoms with Crippen LogP contribution in [0.5, 0.6) is 0 Å². The molecule has 1 aliphatic carbocycles. The van der Waals surface area contributed by atoms with E-state index >= 15 is 0 Å². The van der Waals surface area contributed by atoms with Gasteiger partial charge in [-0.2, -0.15) is 0 Å².